The van der Waals surface area contributed by atoms with Gasteiger partial charge < -0.3 is 14.3 Å². The molecule has 3 rings (SSSR count). The summed E-state index contributed by atoms with van der Waals surface area (Å²) in [5.41, 5.74) is 3.15. The van der Waals surface area contributed by atoms with Gasteiger partial charge in [-0.1, -0.05) is 11.8 Å². The third kappa shape index (κ3) is 2.72. The molecule has 5 nitrogen and oxygen atoms in total. The van der Waals surface area contributed by atoms with Crippen LogP contribution in [-0.2, 0) is 17.6 Å². The van der Waals surface area contributed by atoms with E-state index in [9.17, 15) is 15.2 Å². The molecule has 0 aliphatic heterocycles. The number of nitriles is 1. The highest BCUT2D eigenvalue weighted by Gasteiger charge is 2.24. The Morgan fingerprint density at radius 1 is 1.45 bits per heavy atom. The summed E-state index contributed by atoms with van der Waals surface area (Å²) in [5, 5.41) is 20.7. The van der Waals surface area contributed by atoms with Gasteiger partial charge in [-0.05, 0) is 43.4 Å². The maximum absolute atomic E-state index is 10.7. The predicted octanol–water partition coefficient (Wildman–Crippen LogP) is 1.93. The highest BCUT2D eigenvalue weighted by Crippen LogP contribution is 2.37. The van der Waals surface area contributed by atoms with E-state index in [1.807, 2.05) is 6.07 Å². The molecule has 0 unspecified atom stereocenters. The quantitative estimate of drug-likeness (QED) is 0.801. The molecule has 0 radical (unpaired) electrons. The van der Waals surface area contributed by atoms with Gasteiger partial charge in [-0.2, -0.15) is 5.26 Å². The topological polar surface area (TPSA) is 90.0 Å². The number of carbonyl (C=O) groups excluding carboxylic acids is 1. The molecule has 0 N–H and O–H groups in total. The van der Waals surface area contributed by atoms with Crippen LogP contribution in [0.25, 0.3) is 11.3 Å². The van der Waals surface area contributed by atoms with E-state index in [4.69, 9.17) is 4.42 Å². The number of thioether (sulfide) groups is 1. The molecule has 6 heteroatoms. The van der Waals surface area contributed by atoms with E-state index < -0.39 is 5.97 Å². The summed E-state index contributed by atoms with van der Waals surface area (Å²) in [5.74, 6) is -0.765. The molecule has 2 aromatic rings. The molecule has 0 bridgehead atoms. The summed E-state index contributed by atoms with van der Waals surface area (Å²) in [6, 6.07) is 5.77. The van der Waals surface area contributed by atoms with Gasteiger partial charge in [0.1, 0.15) is 16.9 Å². The van der Waals surface area contributed by atoms with Gasteiger partial charge in [-0.3, -0.25) is 0 Å². The summed E-state index contributed by atoms with van der Waals surface area (Å²) in [6.07, 6.45) is 5.37. The van der Waals surface area contributed by atoms with Crippen LogP contribution in [0.5, 0.6) is 0 Å². The van der Waals surface area contributed by atoms with Crippen LogP contribution in [0.4, 0.5) is 0 Å². The van der Waals surface area contributed by atoms with Crippen LogP contribution in [0.2, 0.25) is 0 Å². The van der Waals surface area contributed by atoms with E-state index in [0.29, 0.717) is 16.3 Å². The first-order chi connectivity index (χ1) is 10.7. The lowest BCUT2D eigenvalue weighted by molar-refractivity contribution is -0.301. The monoisotopic (exact) mass is 313 g/mol. The molecule has 1 aliphatic carbocycles. The molecule has 112 valence electrons. The average Bonchev–Trinajstić information content (AvgIpc) is 3.05. The summed E-state index contributed by atoms with van der Waals surface area (Å²) >= 11 is 1.03. The number of hydrogen-bond donors (Lipinski definition) is 0. The number of pyridine rings is 1. The molecule has 0 saturated carbocycles. The zero-order chi connectivity index (χ0) is 15.5. The Bertz CT molecular complexity index is 748. The minimum absolute atomic E-state index is 0.224. The Labute approximate surface area is 132 Å². The molecular formula is C16H13N2O3S-. The van der Waals surface area contributed by atoms with Gasteiger partial charge in [0, 0.05) is 17.0 Å². The molecule has 0 amide bonds. The zero-order valence-electron chi connectivity index (χ0n) is 11.8. The first-order valence-corrected chi connectivity index (χ1v) is 8.01. The number of aliphatic carboxylic acids is 1. The molecule has 0 atom stereocenters. The Morgan fingerprint density at radius 3 is 2.95 bits per heavy atom. The fraction of sp³-hybridized carbons (Fsp3) is 0.312. The van der Waals surface area contributed by atoms with Gasteiger partial charge in [0.25, 0.3) is 0 Å². The Balaban J connectivity index is 2.18. The summed E-state index contributed by atoms with van der Waals surface area (Å²) < 4.78 is 5.49. The second-order valence-electron chi connectivity index (χ2n) is 5.05. The average molecular weight is 313 g/mol. The molecule has 0 saturated heterocycles. The molecular weight excluding hydrogens is 300 g/mol. The number of nitrogens with zero attached hydrogens (tertiary/aromatic N) is 2. The number of fused-ring (bicyclic) bond motifs is 1. The van der Waals surface area contributed by atoms with Gasteiger partial charge in [0.2, 0.25) is 0 Å². The van der Waals surface area contributed by atoms with Crippen LogP contribution in [-0.4, -0.2) is 16.7 Å². The van der Waals surface area contributed by atoms with Crippen molar-refractivity contribution in [3.05, 3.63) is 35.2 Å². The van der Waals surface area contributed by atoms with Crippen molar-refractivity contribution >= 4 is 17.7 Å². The van der Waals surface area contributed by atoms with E-state index in [2.05, 4.69) is 11.1 Å². The Hall–Kier alpha value is -2.26. The van der Waals surface area contributed by atoms with Crippen LogP contribution in [0.15, 0.2) is 27.8 Å². The maximum atomic E-state index is 10.7. The molecule has 0 spiro atoms. The first-order valence-electron chi connectivity index (χ1n) is 7.03. The fourth-order valence-corrected chi connectivity index (χ4v) is 3.47. The third-order valence-corrected chi connectivity index (χ3v) is 4.60. The van der Waals surface area contributed by atoms with Gasteiger partial charge in [0.15, 0.2) is 0 Å². The van der Waals surface area contributed by atoms with Crippen LogP contribution in [0, 0.1) is 11.3 Å². The van der Waals surface area contributed by atoms with Gasteiger partial charge in [0.05, 0.1) is 17.8 Å². The van der Waals surface area contributed by atoms with Crippen LogP contribution in [0.3, 0.4) is 0 Å². The second kappa shape index (κ2) is 6.24. The number of aryl methyl sites for hydroxylation is 1. The molecule has 2 aromatic heterocycles. The van der Waals surface area contributed by atoms with Crippen molar-refractivity contribution in [2.45, 2.75) is 30.7 Å². The van der Waals surface area contributed by atoms with E-state index in [1.165, 1.54) is 0 Å². The lowest BCUT2D eigenvalue weighted by atomic mass is 9.89. The number of carboxylic acids is 1. The number of carboxylic acid groups (broad SMARTS) is 1. The van der Waals surface area contributed by atoms with Crippen LogP contribution < -0.4 is 5.11 Å². The molecule has 0 aromatic carbocycles. The van der Waals surface area contributed by atoms with Crippen molar-refractivity contribution < 1.29 is 14.3 Å². The lowest BCUT2D eigenvalue weighted by Gasteiger charge is -2.20. The van der Waals surface area contributed by atoms with Crippen molar-refractivity contribution in [2.24, 2.45) is 0 Å². The number of carbonyl (C=O) groups is 1. The normalized spacial score (nSPS) is 13.4. The lowest BCUT2D eigenvalue weighted by Crippen LogP contribution is -2.24. The number of rotatable bonds is 4. The molecule has 0 fully saturated rings. The van der Waals surface area contributed by atoms with Gasteiger partial charge in [-0.25, -0.2) is 4.98 Å². The zero-order valence-corrected chi connectivity index (χ0v) is 12.6. The highest BCUT2D eigenvalue weighted by atomic mass is 32.2. The molecule has 22 heavy (non-hydrogen) atoms. The largest absolute Gasteiger partial charge is 0.549 e. The van der Waals surface area contributed by atoms with E-state index in [1.54, 1.807) is 12.3 Å². The van der Waals surface area contributed by atoms with E-state index in [0.717, 1.165) is 54.3 Å². The third-order valence-electron chi connectivity index (χ3n) is 3.65. The SMILES string of the molecule is N#Cc1c(SCC(=O)[O-])nc2c(c1-c1ccco1)CCCC2. The van der Waals surface area contributed by atoms with Crippen molar-refractivity contribution in [1.82, 2.24) is 4.98 Å². The maximum Gasteiger partial charge on any atom is 0.135 e. The number of aromatic nitrogens is 1. The number of hydrogen-bond acceptors (Lipinski definition) is 6. The number of furan rings is 1. The van der Waals surface area contributed by atoms with Gasteiger partial charge in [-0.15, -0.1) is 0 Å². The second-order valence-corrected chi connectivity index (χ2v) is 6.01. The molecule has 1 aliphatic rings. The predicted molar refractivity (Wildman–Crippen MR) is 79.0 cm³/mol. The van der Waals surface area contributed by atoms with Crippen molar-refractivity contribution in [3.8, 4) is 17.4 Å². The standard InChI is InChI=1S/C16H14N2O3S/c17-8-11-15(13-6-3-7-21-13)10-4-1-2-5-12(10)18-16(11)22-9-14(19)20/h3,6-7H,1-2,4-5,9H2,(H,19,20)/p-1. The van der Waals surface area contributed by atoms with E-state index >= 15 is 0 Å². The summed E-state index contributed by atoms with van der Waals surface area (Å²) in [6.45, 7) is 0. The summed E-state index contributed by atoms with van der Waals surface area (Å²) in [7, 11) is 0. The summed E-state index contributed by atoms with van der Waals surface area (Å²) in [4.78, 5) is 15.2. The minimum Gasteiger partial charge on any atom is -0.549 e. The highest BCUT2D eigenvalue weighted by molar-refractivity contribution is 7.99. The first kappa shape index (κ1) is 14.7. The molecule has 2 heterocycles. The van der Waals surface area contributed by atoms with Crippen molar-refractivity contribution in [2.75, 3.05) is 5.75 Å². The van der Waals surface area contributed by atoms with Crippen molar-refractivity contribution in [1.29, 1.82) is 5.26 Å². The Kier molecular flexibility index (Phi) is 4.16. The smallest absolute Gasteiger partial charge is 0.135 e. The van der Waals surface area contributed by atoms with E-state index in [-0.39, 0.29) is 5.75 Å². The van der Waals surface area contributed by atoms with Crippen molar-refractivity contribution in [3.63, 3.8) is 0 Å². The fourth-order valence-electron chi connectivity index (χ4n) is 2.75. The Morgan fingerprint density at radius 2 is 2.27 bits per heavy atom. The van der Waals surface area contributed by atoms with Crippen LogP contribution in [0.1, 0.15) is 29.7 Å². The van der Waals surface area contributed by atoms with Crippen LogP contribution >= 0.6 is 11.8 Å². The van der Waals surface area contributed by atoms with Gasteiger partial charge >= 0.3 is 0 Å². The minimum atomic E-state index is -1.17.